The number of nitrogens with one attached hydrogen (secondary N) is 2. The minimum atomic E-state index is -0.336. The number of primary amides is 1. The van der Waals surface area contributed by atoms with Gasteiger partial charge in [-0.1, -0.05) is 29.8 Å². The number of hydrogen-bond donors (Lipinski definition) is 3. The number of piperidine rings is 1. The molecule has 1 aliphatic carbocycles. The van der Waals surface area contributed by atoms with E-state index in [0.717, 1.165) is 41.1 Å². The van der Waals surface area contributed by atoms with Crippen LogP contribution in [-0.4, -0.2) is 57.4 Å². The number of likely N-dealkylation sites (tertiary alicyclic amines) is 1. The zero-order chi connectivity index (χ0) is 28.1. The molecule has 11 heteroatoms. The zero-order valence-electron chi connectivity index (χ0n) is 21.9. The molecule has 2 aromatic carbocycles. The molecule has 2 aromatic heterocycles. The summed E-state index contributed by atoms with van der Waals surface area (Å²) in [5.74, 6) is 0.105. The van der Waals surface area contributed by atoms with Crippen molar-refractivity contribution < 1.29 is 18.8 Å². The second kappa shape index (κ2) is 12.4. The van der Waals surface area contributed by atoms with E-state index >= 15 is 0 Å². The molecule has 2 bridgehead atoms. The standard InChI is InChI=1S/C17H19ClFN3O.C10H10N2O.CH3NO/c1-22-11-3-2-9(4-11)16(22)17(23)21-7-10-5-12-13(18)8-20-15(12)6-14(10)19;1-8-9-4-2-3-5-10(9)12(11-8)6-7-13;2-1-3/h5-6,8-9,11,16,20H,2-4,7H2,1H3,(H,21,23);2-5,7H,6H2,1H3;1H,(H2,2,3). The minimum absolute atomic E-state index is 0.000590. The highest BCUT2D eigenvalue weighted by molar-refractivity contribution is 6.35. The summed E-state index contributed by atoms with van der Waals surface area (Å²) < 4.78 is 15.9. The van der Waals surface area contributed by atoms with E-state index in [0.29, 0.717) is 34.6 Å². The molecule has 39 heavy (non-hydrogen) atoms. The normalized spacial score (nSPS) is 19.7. The number of H-pyrrole nitrogens is 1. The van der Waals surface area contributed by atoms with E-state index in [1.165, 1.54) is 12.5 Å². The van der Waals surface area contributed by atoms with E-state index < -0.39 is 0 Å². The topological polar surface area (TPSA) is 126 Å². The van der Waals surface area contributed by atoms with Crippen LogP contribution in [-0.2, 0) is 27.5 Å². The Morgan fingerprint density at radius 2 is 2.00 bits per heavy atom. The molecule has 3 atom stereocenters. The highest BCUT2D eigenvalue weighted by Gasteiger charge is 2.47. The molecule has 206 valence electrons. The van der Waals surface area contributed by atoms with Gasteiger partial charge in [-0.15, -0.1) is 0 Å². The fourth-order valence-electron chi connectivity index (χ4n) is 5.69. The van der Waals surface area contributed by atoms with Crippen LogP contribution in [0, 0.1) is 18.7 Å². The van der Waals surface area contributed by atoms with Crippen LogP contribution in [0.2, 0.25) is 5.02 Å². The lowest BCUT2D eigenvalue weighted by Gasteiger charge is -2.30. The smallest absolute Gasteiger partial charge is 0.237 e. The van der Waals surface area contributed by atoms with Gasteiger partial charge in [0.05, 0.1) is 28.8 Å². The number of aldehydes is 1. The molecule has 2 amide bonds. The molecular formula is C28H32ClFN6O3. The van der Waals surface area contributed by atoms with Crippen LogP contribution in [0.3, 0.4) is 0 Å². The number of para-hydroxylation sites is 1. The highest BCUT2D eigenvalue weighted by Crippen LogP contribution is 2.41. The van der Waals surface area contributed by atoms with E-state index in [-0.39, 0.29) is 30.7 Å². The Morgan fingerprint density at radius 1 is 1.26 bits per heavy atom. The molecule has 4 N–H and O–H groups in total. The van der Waals surface area contributed by atoms with Crippen molar-refractivity contribution in [3.8, 4) is 0 Å². The van der Waals surface area contributed by atoms with Gasteiger partial charge in [-0.05, 0) is 57.4 Å². The molecule has 4 aromatic rings. The van der Waals surface area contributed by atoms with Crippen LogP contribution in [0.1, 0.15) is 30.5 Å². The molecule has 2 aliphatic rings. The number of aromatic nitrogens is 3. The number of hydrogen-bond acceptors (Lipinski definition) is 5. The summed E-state index contributed by atoms with van der Waals surface area (Å²) in [6.07, 6.45) is 6.15. The van der Waals surface area contributed by atoms with Crippen LogP contribution in [0.25, 0.3) is 21.8 Å². The Morgan fingerprint density at radius 3 is 2.69 bits per heavy atom. The van der Waals surface area contributed by atoms with Crippen LogP contribution in [0.5, 0.6) is 0 Å². The van der Waals surface area contributed by atoms with Gasteiger partial charge in [0, 0.05) is 40.6 Å². The number of aryl methyl sites for hydroxylation is 1. The van der Waals surface area contributed by atoms with Crippen molar-refractivity contribution in [2.24, 2.45) is 11.7 Å². The van der Waals surface area contributed by atoms with Crippen molar-refractivity contribution >= 4 is 52.0 Å². The quantitative estimate of drug-likeness (QED) is 0.324. The Balaban J connectivity index is 0.000000186. The fraction of sp³-hybridized carbons (Fsp3) is 0.357. The Bertz CT molecular complexity index is 1480. The second-order valence-electron chi connectivity index (χ2n) is 9.77. The van der Waals surface area contributed by atoms with Crippen LogP contribution in [0.4, 0.5) is 4.39 Å². The molecule has 0 radical (unpaired) electrons. The second-order valence-corrected chi connectivity index (χ2v) is 10.2. The van der Waals surface area contributed by atoms with Crippen molar-refractivity contribution in [3.63, 3.8) is 0 Å². The molecular weight excluding hydrogens is 523 g/mol. The van der Waals surface area contributed by atoms with Crippen molar-refractivity contribution in [1.82, 2.24) is 25.0 Å². The predicted molar refractivity (Wildman–Crippen MR) is 149 cm³/mol. The number of nitrogens with two attached hydrogens (primary N) is 1. The maximum absolute atomic E-state index is 14.2. The molecule has 3 unspecified atom stereocenters. The van der Waals surface area contributed by atoms with Gasteiger partial charge in [0.2, 0.25) is 12.3 Å². The number of benzene rings is 2. The van der Waals surface area contributed by atoms with E-state index in [2.05, 4.69) is 26.0 Å². The van der Waals surface area contributed by atoms with Gasteiger partial charge in [0.25, 0.3) is 0 Å². The summed E-state index contributed by atoms with van der Waals surface area (Å²) in [5, 5.41) is 9.61. The molecule has 1 saturated carbocycles. The van der Waals surface area contributed by atoms with Crippen molar-refractivity contribution in [2.45, 2.75) is 51.4 Å². The maximum atomic E-state index is 14.2. The molecule has 1 saturated heterocycles. The monoisotopic (exact) mass is 554 g/mol. The number of halogens is 2. The summed E-state index contributed by atoms with van der Waals surface area (Å²) in [5.41, 5.74) is 7.28. The average Bonchev–Trinajstić information content (AvgIpc) is 3.68. The minimum Gasteiger partial charge on any atom is -0.372 e. The molecule has 6 rings (SSSR count). The van der Waals surface area contributed by atoms with Gasteiger partial charge >= 0.3 is 0 Å². The highest BCUT2D eigenvalue weighted by atomic mass is 35.5. The first kappa shape index (κ1) is 28.3. The first-order valence-electron chi connectivity index (χ1n) is 12.7. The number of carbonyl (C=O) groups excluding carboxylic acids is 3. The number of rotatable bonds is 5. The van der Waals surface area contributed by atoms with E-state index in [9.17, 15) is 14.0 Å². The molecule has 0 spiro atoms. The first-order valence-corrected chi connectivity index (χ1v) is 13.1. The number of amides is 2. The fourth-order valence-corrected chi connectivity index (χ4v) is 5.90. The maximum Gasteiger partial charge on any atom is 0.237 e. The lowest BCUT2D eigenvalue weighted by molar-refractivity contribution is -0.127. The summed E-state index contributed by atoms with van der Waals surface area (Å²) in [6, 6.07) is 11.5. The largest absolute Gasteiger partial charge is 0.372 e. The van der Waals surface area contributed by atoms with Crippen LogP contribution < -0.4 is 11.1 Å². The Kier molecular flexibility index (Phi) is 8.98. The van der Waals surface area contributed by atoms with Crippen LogP contribution in [0.15, 0.2) is 42.6 Å². The van der Waals surface area contributed by atoms with Crippen molar-refractivity contribution in [1.29, 1.82) is 0 Å². The SMILES string of the molecule is CN1C2CCC(C2)C1C(=O)NCc1cc2c(Cl)c[nH]c2cc1F.Cc1nn(CC=O)c2ccccc12.NC=O. The van der Waals surface area contributed by atoms with Crippen molar-refractivity contribution in [3.05, 3.63) is 64.7 Å². The third kappa shape index (κ3) is 5.97. The molecule has 3 heterocycles. The third-order valence-corrected chi connectivity index (χ3v) is 7.83. The Hall–Kier alpha value is -3.76. The number of aromatic amines is 1. The summed E-state index contributed by atoms with van der Waals surface area (Å²) >= 11 is 6.08. The summed E-state index contributed by atoms with van der Waals surface area (Å²) in [4.78, 5) is 36.5. The van der Waals surface area contributed by atoms with Gasteiger partial charge in [0.15, 0.2) is 0 Å². The average molecular weight is 555 g/mol. The van der Waals surface area contributed by atoms with Crippen molar-refractivity contribution in [2.75, 3.05) is 7.05 Å². The lowest BCUT2D eigenvalue weighted by atomic mass is 9.98. The number of carbonyl (C=O) groups is 3. The van der Waals surface area contributed by atoms with Gasteiger partial charge in [-0.2, -0.15) is 5.10 Å². The predicted octanol–water partition coefficient (Wildman–Crippen LogP) is 3.70. The van der Waals surface area contributed by atoms with Crippen LogP contribution >= 0.6 is 11.6 Å². The van der Waals surface area contributed by atoms with E-state index in [1.807, 2.05) is 38.2 Å². The van der Waals surface area contributed by atoms with E-state index in [1.54, 1.807) is 16.9 Å². The zero-order valence-corrected chi connectivity index (χ0v) is 22.6. The first-order chi connectivity index (χ1) is 18.8. The third-order valence-electron chi connectivity index (χ3n) is 7.52. The summed E-state index contributed by atoms with van der Waals surface area (Å²) in [6.45, 7) is 2.46. The molecule has 2 fully saturated rings. The van der Waals surface area contributed by atoms with Gasteiger partial charge in [-0.25, -0.2) is 4.39 Å². The van der Waals surface area contributed by atoms with Gasteiger partial charge < -0.3 is 20.8 Å². The van der Waals surface area contributed by atoms with E-state index in [4.69, 9.17) is 16.4 Å². The summed E-state index contributed by atoms with van der Waals surface area (Å²) in [7, 11) is 2.01. The molecule has 9 nitrogen and oxygen atoms in total. The van der Waals surface area contributed by atoms with Gasteiger partial charge in [0.1, 0.15) is 12.1 Å². The number of likely N-dealkylation sites (N-methyl/N-ethyl adjacent to an activating group) is 1. The molecule has 1 aliphatic heterocycles. The van der Waals surface area contributed by atoms with Gasteiger partial charge in [-0.3, -0.25) is 19.2 Å². The Labute approximate surface area is 230 Å². The lowest BCUT2D eigenvalue weighted by Crippen LogP contribution is -2.48. The number of fused-ring (bicyclic) bond motifs is 4. The number of nitrogens with zero attached hydrogens (tertiary/aromatic N) is 3.